The Hall–Kier alpha value is -0.980. The Labute approximate surface area is 125 Å². The summed E-state index contributed by atoms with van der Waals surface area (Å²) in [5, 5.41) is 3.80. The molecule has 1 nitrogen and oxygen atoms in total. The second-order valence-corrected chi connectivity index (χ2v) is 7.13. The largest absolute Gasteiger partial charge is 0.382 e. The summed E-state index contributed by atoms with van der Waals surface area (Å²) in [6.45, 7) is 11.5. The lowest BCUT2D eigenvalue weighted by molar-refractivity contribution is 0.481. The van der Waals surface area contributed by atoms with Gasteiger partial charge in [0.2, 0.25) is 0 Å². The van der Waals surface area contributed by atoms with Gasteiger partial charge in [-0.05, 0) is 54.7 Å². The van der Waals surface area contributed by atoms with E-state index in [1.165, 1.54) is 42.5 Å². The van der Waals surface area contributed by atoms with Gasteiger partial charge >= 0.3 is 0 Å². The first-order valence-electron chi connectivity index (χ1n) is 8.39. The Morgan fingerprint density at radius 3 is 2.15 bits per heavy atom. The zero-order valence-corrected chi connectivity index (χ0v) is 13.9. The molecule has 1 N–H and O–H groups in total. The van der Waals surface area contributed by atoms with Crippen LogP contribution in [0.4, 0.5) is 5.69 Å². The van der Waals surface area contributed by atoms with Gasteiger partial charge in [-0.2, -0.15) is 0 Å². The van der Waals surface area contributed by atoms with Gasteiger partial charge in [-0.15, -0.1) is 0 Å². The van der Waals surface area contributed by atoms with E-state index in [9.17, 15) is 0 Å². The zero-order chi connectivity index (χ0) is 14.7. The van der Waals surface area contributed by atoms with Gasteiger partial charge in [0, 0.05) is 11.7 Å². The van der Waals surface area contributed by atoms with Crippen molar-refractivity contribution in [3.63, 3.8) is 0 Å². The molecule has 1 aromatic rings. The van der Waals surface area contributed by atoms with Crippen molar-refractivity contribution < 1.29 is 0 Å². The fourth-order valence-corrected chi connectivity index (χ4v) is 3.37. The van der Waals surface area contributed by atoms with E-state index in [2.05, 4.69) is 58.1 Å². The Morgan fingerprint density at radius 1 is 0.950 bits per heavy atom. The SMILES string of the molecule is CC(C)c1ccc(NC(C)C2CCCC2)c(C(C)C)c1. The van der Waals surface area contributed by atoms with E-state index in [0.29, 0.717) is 17.9 Å². The average Bonchev–Trinajstić information content (AvgIpc) is 2.92. The number of rotatable bonds is 5. The van der Waals surface area contributed by atoms with E-state index in [-0.39, 0.29) is 0 Å². The van der Waals surface area contributed by atoms with Gasteiger partial charge in [0.1, 0.15) is 0 Å². The Morgan fingerprint density at radius 2 is 1.60 bits per heavy atom. The second-order valence-electron chi connectivity index (χ2n) is 7.13. The highest BCUT2D eigenvalue weighted by atomic mass is 14.9. The number of benzene rings is 1. The average molecular weight is 273 g/mol. The molecule has 1 fully saturated rings. The van der Waals surface area contributed by atoms with E-state index in [1.807, 2.05) is 0 Å². The molecule has 1 aromatic carbocycles. The van der Waals surface area contributed by atoms with Crippen LogP contribution in [0.2, 0.25) is 0 Å². The minimum absolute atomic E-state index is 0.576. The molecule has 20 heavy (non-hydrogen) atoms. The van der Waals surface area contributed by atoms with Crippen molar-refractivity contribution in [1.29, 1.82) is 0 Å². The molecule has 2 rings (SSSR count). The van der Waals surface area contributed by atoms with E-state index in [4.69, 9.17) is 0 Å². The normalized spacial score (nSPS) is 17.9. The van der Waals surface area contributed by atoms with E-state index < -0.39 is 0 Å². The minimum Gasteiger partial charge on any atom is -0.382 e. The first kappa shape index (κ1) is 15.4. The summed E-state index contributed by atoms with van der Waals surface area (Å²) in [5.74, 6) is 2.04. The molecule has 1 heteroatoms. The van der Waals surface area contributed by atoms with E-state index in [0.717, 1.165) is 5.92 Å². The fraction of sp³-hybridized carbons (Fsp3) is 0.684. The van der Waals surface area contributed by atoms with Gasteiger partial charge in [-0.25, -0.2) is 0 Å². The maximum absolute atomic E-state index is 3.80. The molecular weight excluding hydrogens is 242 g/mol. The number of anilines is 1. The summed E-state index contributed by atoms with van der Waals surface area (Å²) in [6.07, 6.45) is 5.63. The van der Waals surface area contributed by atoms with Crippen LogP contribution in [-0.4, -0.2) is 6.04 Å². The fourth-order valence-electron chi connectivity index (χ4n) is 3.37. The van der Waals surface area contributed by atoms with Gasteiger partial charge in [-0.1, -0.05) is 52.7 Å². The van der Waals surface area contributed by atoms with Crippen molar-refractivity contribution in [2.45, 2.75) is 78.2 Å². The number of hydrogen-bond acceptors (Lipinski definition) is 1. The van der Waals surface area contributed by atoms with Crippen LogP contribution in [0.5, 0.6) is 0 Å². The molecule has 1 aliphatic carbocycles. The van der Waals surface area contributed by atoms with Crippen LogP contribution >= 0.6 is 0 Å². The lowest BCUT2D eigenvalue weighted by atomic mass is 9.93. The monoisotopic (exact) mass is 273 g/mol. The van der Waals surface area contributed by atoms with Crippen molar-refractivity contribution in [3.05, 3.63) is 29.3 Å². The van der Waals surface area contributed by atoms with Crippen molar-refractivity contribution in [2.24, 2.45) is 5.92 Å². The molecule has 0 radical (unpaired) electrons. The molecule has 1 atom stereocenters. The van der Waals surface area contributed by atoms with Crippen molar-refractivity contribution >= 4 is 5.69 Å². The molecule has 112 valence electrons. The molecule has 1 saturated carbocycles. The highest BCUT2D eigenvalue weighted by Gasteiger charge is 2.22. The molecular formula is C19H31N. The standard InChI is InChI=1S/C19H31N/c1-13(2)17-10-11-19(18(12-17)14(3)4)20-15(5)16-8-6-7-9-16/h10-16,20H,6-9H2,1-5H3. The summed E-state index contributed by atoms with van der Waals surface area (Å²) in [5.41, 5.74) is 4.28. The Kier molecular flexibility index (Phi) is 5.12. The topological polar surface area (TPSA) is 12.0 Å². The highest BCUT2D eigenvalue weighted by molar-refractivity contribution is 5.55. The summed E-state index contributed by atoms with van der Waals surface area (Å²) in [7, 11) is 0. The Bertz CT molecular complexity index is 427. The predicted molar refractivity (Wildman–Crippen MR) is 89.7 cm³/mol. The summed E-state index contributed by atoms with van der Waals surface area (Å²) >= 11 is 0. The molecule has 0 spiro atoms. The van der Waals surface area contributed by atoms with Gasteiger partial charge in [0.25, 0.3) is 0 Å². The number of nitrogens with one attached hydrogen (secondary N) is 1. The molecule has 1 unspecified atom stereocenters. The van der Waals surface area contributed by atoms with Crippen LogP contribution in [0.25, 0.3) is 0 Å². The zero-order valence-electron chi connectivity index (χ0n) is 13.9. The van der Waals surface area contributed by atoms with Gasteiger partial charge in [0.15, 0.2) is 0 Å². The second kappa shape index (κ2) is 6.65. The lowest BCUT2D eigenvalue weighted by Gasteiger charge is -2.25. The van der Waals surface area contributed by atoms with Crippen LogP contribution < -0.4 is 5.32 Å². The number of hydrogen-bond donors (Lipinski definition) is 1. The molecule has 0 amide bonds. The van der Waals surface area contributed by atoms with Crippen molar-refractivity contribution in [3.8, 4) is 0 Å². The van der Waals surface area contributed by atoms with Crippen LogP contribution in [0, 0.1) is 5.92 Å². The maximum atomic E-state index is 3.80. The molecule has 0 heterocycles. The molecule has 0 aliphatic heterocycles. The van der Waals surface area contributed by atoms with Crippen LogP contribution in [0.3, 0.4) is 0 Å². The minimum atomic E-state index is 0.576. The third kappa shape index (κ3) is 3.56. The maximum Gasteiger partial charge on any atom is 0.0377 e. The van der Waals surface area contributed by atoms with Crippen LogP contribution in [0.1, 0.15) is 83.3 Å². The third-order valence-corrected chi connectivity index (χ3v) is 4.85. The van der Waals surface area contributed by atoms with Gasteiger partial charge in [-0.3, -0.25) is 0 Å². The summed E-state index contributed by atoms with van der Waals surface area (Å²) < 4.78 is 0. The summed E-state index contributed by atoms with van der Waals surface area (Å²) in [6, 6.07) is 7.59. The van der Waals surface area contributed by atoms with E-state index in [1.54, 1.807) is 0 Å². The predicted octanol–water partition coefficient (Wildman–Crippen LogP) is 5.92. The van der Waals surface area contributed by atoms with Crippen LogP contribution in [0.15, 0.2) is 18.2 Å². The third-order valence-electron chi connectivity index (χ3n) is 4.85. The summed E-state index contributed by atoms with van der Waals surface area (Å²) in [4.78, 5) is 0. The van der Waals surface area contributed by atoms with Crippen LogP contribution in [-0.2, 0) is 0 Å². The smallest absolute Gasteiger partial charge is 0.0377 e. The molecule has 0 bridgehead atoms. The molecule has 0 aromatic heterocycles. The first-order chi connectivity index (χ1) is 9.49. The van der Waals surface area contributed by atoms with E-state index >= 15 is 0 Å². The quantitative estimate of drug-likeness (QED) is 0.701. The molecule has 1 aliphatic rings. The first-order valence-corrected chi connectivity index (χ1v) is 8.39. The highest BCUT2D eigenvalue weighted by Crippen LogP contribution is 2.32. The van der Waals surface area contributed by atoms with Crippen molar-refractivity contribution in [2.75, 3.05) is 5.32 Å². The van der Waals surface area contributed by atoms with Gasteiger partial charge in [0.05, 0.1) is 0 Å². The lowest BCUT2D eigenvalue weighted by Crippen LogP contribution is -2.24. The molecule has 0 saturated heterocycles. The Balaban J connectivity index is 2.17. The van der Waals surface area contributed by atoms with Crippen molar-refractivity contribution in [1.82, 2.24) is 0 Å². The van der Waals surface area contributed by atoms with Gasteiger partial charge < -0.3 is 5.32 Å².